The zero-order valence-electron chi connectivity index (χ0n) is 16.6. The highest BCUT2D eigenvalue weighted by molar-refractivity contribution is 5.76. The second-order valence-corrected chi connectivity index (χ2v) is 8.24. The van der Waals surface area contributed by atoms with Crippen molar-refractivity contribution in [2.75, 3.05) is 6.61 Å². The zero-order valence-corrected chi connectivity index (χ0v) is 16.6. The third kappa shape index (κ3) is 4.09. The van der Waals surface area contributed by atoms with Crippen molar-refractivity contribution < 1.29 is 4.74 Å². The molecule has 0 saturated carbocycles. The number of benzene rings is 2. The van der Waals surface area contributed by atoms with Crippen molar-refractivity contribution >= 4 is 11.0 Å². The number of imidazole rings is 1. The van der Waals surface area contributed by atoms with E-state index in [-0.39, 0.29) is 5.41 Å². The number of rotatable bonds is 6. The van der Waals surface area contributed by atoms with Crippen molar-refractivity contribution in [3.63, 3.8) is 0 Å². The number of fused-ring (bicyclic) bond motifs is 1. The summed E-state index contributed by atoms with van der Waals surface area (Å²) in [6.45, 7) is 12.7. The fourth-order valence-corrected chi connectivity index (χ4v) is 3.23. The van der Waals surface area contributed by atoms with Crippen LogP contribution in [0.5, 0.6) is 5.75 Å². The van der Waals surface area contributed by atoms with Gasteiger partial charge in [0, 0.05) is 12.5 Å². The average Bonchev–Trinajstić information content (AvgIpc) is 2.97. The van der Waals surface area contributed by atoms with Crippen LogP contribution in [-0.4, -0.2) is 16.2 Å². The van der Waals surface area contributed by atoms with Crippen LogP contribution in [0.4, 0.5) is 0 Å². The largest absolute Gasteiger partial charge is 0.494 e. The topological polar surface area (TPSA) is 27.1 Å². The van der Waals surface area contributed by atoms with Gasteiger partial charge in [0.1, 0.15) is 11.6 Å². The smallest absolute Gasteiger partial charge is 0.119 e. The first-order valence-corrected chi connectivity index (χ1v) is 9.55. The number of para-hydroxylation sites is 2. The van der Waals surface area contributed by atoms with Crippen molar-refractivity contribution in [2.24, 2.45) is 0 Å². The molecule has 2 aromatic carbocycles. The van der Waals surface area contributed by atoms with Gasteiger partial charge in [-0.3, -0.25) is 0 Å². The predicted molar refractivity (Wildman–Crippen MR) is 109 cm³/mol. The molecule has 0 spiro atoms. The maximum Gasteiger partial charge on any atom is 0.119 e. The summed E-state index contributed by atoms with van der Waals surface area (Å²) in [7, 11) is 0. The standard InChI is InChI=1S/C23H30N2O/c1-17(2)22-24-20-9-6-7-10-21(20)25(22)15-8-16-26-19-13-11-18(12-14-19)23(3,4)5/h6-7,9-14,17H,8,15-16H2,1-5H3. The molecule has 0 radical (unpaired) electrons. The summed E-state index contributed by atoms with van der Waals surface area (Å²) >= 11 is 0. The van der Waals surface area contributed by atoms with Crippen LogP contribution in [0.3, 0.4) is 0 Å². The lowest BCUT2D eigenvalue weighted by atomic mass is 9.87. The first-order chi connectivity index (χ1) is 12.4. The van der Waals surface area contributed by atoms with E-state index in [0.29, 0.717) is 12.5 Å². The summed E-state index contributed by atoms with van der Waals surface area (Å²) in [5, 5.41) is 0. The van der Waals surface area contributed by atoms with Gasteiger partial charge in [-0.2, -0.15) is 0 Å². The van der Waals surface area contributed by atoms with E-state index in [9.17, 15) is 0 Å². The first kappa shape index (κ1) is 18.5. The molecule has 138 valence electrons. The van der Waals surface area contributed by atoms with Gasteiger partial charge in [-0.1, -0.05) is 58.9 Å². The van der Waals surface area contributed by atoms with Crippen LogP contribution in [0.25, 0.3) is 11.0 Å². The quantitative estimate of drug-likeness (QED) is 0.515. The molecule has 0 unspecified atom stereocenters. The van der Waals surface area contributed by atoms with Crippen molar-refractivity contribution in [3.05, 3.63) is 59.9 Å². The number of aryl methyl sites for hydroxylation is 1. The monoisotopic (exact) mass is 350 g/mol. The SMILES string of the molecule is CC(C)c1nc2ccccc2n1CCCOc1ccc(C(C)(C)C)cc1. The van der Waals surface area contributed by atoms with Crippen molar-refractivity contribution in [2.45, 2.75) is 58.9 Å². The maximum absolute atomic E-state index is 5.95. The fraction of sp³-hybridized carbons (Fsp3) is 0.435. The molecule has 3 heteroatoms. The molecular weight excluding hydrogens is 320 g/mol. The molecule has 0 amide bonds. The second kappa shape index (κ2) is 7.53. The summed E-state index contributed by atoms with van der Waals surface area (Å²) in [4.78, 5) is 4.80. The molecule has 0 N–H and O–H groups in total. The number of hydrogen-bond acceptors (Lipinski definition) is 2. The fourth-order valence-electron chi connectivity index (χ4n) is 3.23. The van der Waals surface area contributed by atoms with Gasteiger partial charge in [0.2, 0.25) is 0 Å². The highest BCUT2D eigenvalue weighted by Gasteiger charge is 2.14. The van der Waals surface area contributed by atoms with E-state index >= 15 is 0 Å². The molecule has 0 saturated heterocycles. The Balaban J connectivity index is 1.62. The molecule has 0 aliphatic rings. The molecule has 3 nitrogen and oxygen atoms in total. The third-order valence-corrected chi connectivity index (χ3v) is 4.72. The lowest BCUT2D eigenvalue weighted by molar-refractivity contribution is 0.301. The molecule has 0 aliphatic heterocycles. The zero-order chi connectivity index (χ0) is 18.7. The molecule has 0 atom stereocenters. The summed E-state index contributed by atoms with van der Waals surface area (Å²) in [6.07, 6.45) is 0.959. The van der Waals surface area contributed by atoms with Gasteiger partial charge in [0.25, 0.3) is 0 Å². The molecular formula is C23H30N2O. The molecule has 26 heavy (non-hydrogen) atoms. The second-order valence-electron chi connectivity index (χ2n) is 8.24. The minimum Gasteiger partial charge on any atom is -0.494 e. The Bertz CT molecular complexity index is 854. The Labute approximate surface area is 157 Å². The van der Waals surface area contributed by atoms with Gasteiger partial charge in [-0.15, -0.1) is 0 Å². The summed E-state index contributed by atoms with van der Waals surface area (Å²) in [5.41, 5.74) is 3.80. The van der Waals surface area contributed by atoms with Crippen molar-refractivity contribution in [1.29, 1.82) is 0 Å². The number of nitrogens with zero attached hydrogens (tertiary/aromatic N) is 2. The van der Waals surface area contributed by atoms with E-state index in [1.807, 2.05) is 6.07 Å². The van der Waals surface area contributed by atoms with Gasteiger partial charge in [0.15, 0.2) is 0 Å². The van der Waals surface area contributed by atoms with Crippen LogP contribution >= 0.6 is 0 Å². The van der Waals surface area contributed by atoms with E-state index in [2.05, 4.69) is 81.7 Å². The van der Waals surface area contributed by atoms with Gasteiger partial charge in [0.05, 0.1) is 17.6 Å². The van der Waals surface area contributed by atoms with Crippen molar-refractivity contribution in [1.82, 2.24) is 9.55 Å². The Morgan fingerprint density at radius 3 is 2.35 bits per heavy atom. The van der Waals surface area contributed by atoms with E-state index in [4.69, 9.17) is 9.72 Å². The minimum atomic E-state index is 0.175. The summed E-state index contributed by atoms with van der Waals surface area (Å²) < 4.78 is 8.29. The Morgan fingerprint density at radius 1 is 1.00 bits per heavy atom. The molecule has 3 rings (SSSR count). The Hall–Kier alpha value is -2.29. The average molecular weight is 351 g/mol. The number of ether oxygens (including phenoxy) is 1. The van der Waals surface area contributed by atoms with Crippen LogP contribution in [0, 0.1) is 0 Å². The molecule has 0 fully saturated rings. The number of hydrogen-bond donors (Lipinski definition) is 0. The highest BCUT2D eigenvalue weighted by Crippen LogP contribution is 2.25. The lowest BCUT2D eigenvalue weighted by Gasteiger charge is -2.19. The van der Waals surface area contributed by atoms with Crippen molar-refractivity contribution in [3.8, 4) is 5.75 Å². The highest BCUT2D eigenvalue weighted by atomic mass is 16.5. The summed E-state index contributed by atoms with van der Waals surface area (Å²) in [6, 6.07) is 16.8. The van der Waals surface area contributed by atoms with Crippen LogP contribution < -0.4 is 4.74 Å². The van der Waals surface area contributed by atoms with E-state index in [0.717, 1.165) is 30.1 Å². The van der Waals surface area contributed by atoms with Crippen LogP contribution in [0.1, 0.15) is 58.3 Å². The molecule has 1 aromatic heterocycles. The summed E-state index contributed by atoms with van der Waals surface area (Å²) in [5.74, 6) is 2.51. The molecule has 0 aliphatic carbocycles. The Morgan fingerprint density at radius 2 is 1.69 bits per heavy atom. The first-order valence-electron chi connectivity index (χ1n) is 9.55. The third-order valence-electron chi connectivity index (χ3n) is 4.72. The van der Waals surface area contributed by atoms with Crippen LogP contribution in [-0.2, 0) is 12.0 Å². The Kier molecular flexibility index (Phi) is 5.36. The van der Waals surface area contributed by atoms with Gasteiger partial charge in [-0.05, 0) is 41.7 Å². The van der Waals surface area contributed by atoms with E-state index in [1.54, 1.807) is 0 Å². The number of aromatic nitrogens is 2. The molecule has 1 heterocycles. The minimum absolute atomic E-state index is 0.175. The lowest BCUT2D eigenvalue weighted by Crippen LogP contribution is -2.11. The van der Waals surface area contributed by atoms with Crippen LogP contribution in [0.15, 0.2) is 48.5 Å². The van der Waals surface area contributed by atoms with Crippen LogP contribution in [0.2, 0.25) is 0 Å². The molecule has 3 aromatic rings. The van der Waals surface area contributed by atoms with Gasteiger partial charge >= 0.3 is 0 Å². The van der Waals surface area contributed by atoms with Gasteiger partial charge < -0.3 is 9.30 Å². The van der Waals surface area contributed by atoms with E-state index in [1.165, 1.54) is 11.1 Å². The molecule has 0 bridgehead atoms. The van der Waals surface area contributed by atoms with E-state index < -0.39 is 0 Å². The van der Waals surface area contributed by atoms with Gasteiger partial charge in [-0.25, -0.2) is 4.98 Å². The maximum atomic E-state index is 5.95. The predicted octanol–water partition coefficient (Wildman–Crippen LogP) is 5.93. The normalized spacial score (nSPS) is 12.1.